The second kappa shape index (κ2) is 6.10. The first-order valence-electron chi connectivity index (χ1n) is 7.29. The Morgan fingerprint density at radius 3 is 2.76 bits per heavy atom. The van der Waals surface area contributed by atoms with Crippen molar-refractivity contribution < 1.29 is 9.90 Å². The fourth-order valence-electron chi connectivity index (χ4n) is 2.78. The summed E-state index contributed by atoms with van der Waals surface area (Å²) in [5.74, 6) is 0.102. The van der Waals surface area contributed by atoms with Gasteiger partial charge in [0.15, 0.2) is 0 Å². The standard InChI is InChI=1S/C16H19N3O2/c20-15-3-1-2-13(15)10-18-16(21)12-4-6-14(7-5-12)19-9-8-17-11-19/h4-9,11,13,15,20H,1-3,10H2,(H,18,21). The summed E-state index contributed by atoms with van der Waals surface area (Å²) < 4.78 is 1.89. The molecule has 1 amide bonds. The molecular weight excluding hydrogens is 266 g/mol. The number of hydrogen-bond donors (Lipinski definition) is 2. The maximum absolute atomic E-state index is 12.1. The third-order valence-electron chi connectivity index (χ3n) is 4.08. The van der Waals surface area contributed by atoms with E-state index in [1.165, 1.54) is 0 Å². The predicted molar refractivity (Wildman–Crippen MR) is 79.2 cm³/mol. The summed E-state index contributed by atoms with van der Waals surface area (Å²) in [5.41, 5.74) is 1.60. The zero-order chi connectivity index (χ0) is 14.7. The van der Waals surface area contributed by atoms with Crippen molar-refractivity contribution >= 4 is 5.91 Å². The zero-order valence-electron chi connectivity index (χ0n) is 11.8. The van der Waals surface area contributed by atoms with Crippen molar-refractivity contribution in [1.82, 2.24) is 14.9 Å². The van der Waals surface area contributed by atoms with E-state index >= 15 is 0 Å². The molecule has 5 nitrogen and oxygen atoms in total. The molecule has 2 aromatic rings. The van der Waals surface area contributed by atoms with E-state index in [0.717, 1.165) is 24.9 Å². The maximum Gasteiger partial charge on any atom is 0.251 e. The highest BCUT2D eigenvalue weighted by Crippen LogP contribution is 2.24. The van der Waals surface area contributed by atoms with Gasteiger partial charge in [-0.25, -0.2) is 4.98 Å². The maximum atomic E-state index is 12.1. The molecule has 1 aromatic heterocycles. The molecule has 0 aliphatic heterocycles. The number of hydrogen-bond acceptors (Lipinski definition) is 3. The number of rotatable bonds is 4. The molecule has 1 heterocycles. The van der Waals surface area contributed by atoms with Gasteiger partial charge in [0.1, 0.15) is 0 Å². The van der Waals surface area contributed by atoms with Gasteiger partial charge in [0.05, 0.1) is 12.4 Å². The summed E-state index contributed by atoms with van der Waals surface area (Å²) in [4.78, 5) is 16.1. The van der Waals surface area contributed by atoms with Crippen LogP contribution in [0.2, 0.25) is 0 Å². The van der Waals surface area contributed by atoms with E-state index in [1.807, 2.05) is 22.9 Å². The van der Waals surface area contributed by atoms with E-state index in [-0.39, 0.29) is 17.9 Å². The lowest BCUT2D eigenvalue weighted by molar-refractivity contribution is 0.0917. The molecule has 2 N–H and O–H groups in total. The Kier molecular flexibility index (Phi) is 4.01. The van der Waals surface area contributed by atoms with Gasteiger partial charge in [0, 0.05) is 36.1 Å². The number of nitrogens with one attached hydrogen (secondary N) is 1. The normalized spacial score (nSPS) is 21.4. The van der Waals surface area contributed by atoms with Crippen molar-refractivity contribution in [3.05, 3.63) is 48.5 Å². The van der Waals surface area contributed by atoms with Crippen molar-refractivity contribution in [3.8, 4) is 5.69 Å². The minimum atomic E-state index is -0.270. The summed E-state index contributed by atoms with van der Waals surface area (Å²) >= 11 is 0. The first kappa shape index (κ1) is 13.8. The van der Waals surface area contributed by atoms with Crippen molar-refractivity contribution in [2.45, 2.75) is 25.4 Å². The molecule has 0 bridgehead atoms. The largest absolute Gasteiger partial charge is 0.393 e. The fourth-order valence-corrected chi connectivity index (χ4v) is 2.78. The molecule has 3 rings (SSSR count). The number of carbonyl (C=O) groups excluding carboxylic acids is 1. The first-order valence-corrected chi connectivity index (χ1v) is 7.29. The van der Waals surface area contributed by atoms with Crippen molar-refractivity contribution in [2.75, 3.05) is 6.54 Å². The fraction of sp³-hybridized carbons (Fsp3) is 0.375. The van der Waals surface area contributed by atoms with Crippen LogP contribution in [0, 0.1) is 5.92 Å². The molecule has 110 valence electrons. The van der Waals surface area contributed by atoms with Crippen LogP contribution < -0.4 is 5.32 Å². The van der Waals surface area contributed by atoms with Crippen LogP contribution in [0.5, 0.6) is 0 Å². The van der Waals surface area contributed by atoms with E-state index in [0.29, 0.717) is 12.1 Å². The molecule has 5 heteroatoms. The Bertz CT molecular complexity index is 592. The van der Waals surface area contributed by atoms with Gasteiger partial charge < -0.3 is 15.0 Å². The number of aliphatic hydroxyl groups is 1. The van der Waals surface area contributed by atoms with Crippen LogP contribution in [-0.4, -0.2) is 33.2 Å². The highest BCUT2D eigenvalue weighted by Gasteiger charge is 2.25. The lowest BCUT2D eigenvalue weighted by atomic mass is 10.1. The van der Waals surface area contributed by atoms with Crippen LogP contribution >= 0.6 is 0 Å². The third kappa shape index (κ3) is 3.13. The SMILES string of the molecule is O=C(NCC1CCCC1O)c1ccc(-n2ccnc2)cc1. The highest BCUT2D eigenvalue weighted by molar-refractivity contribution is 5.94. The molecular formula is C16H19N3O2. The van der Waals surface area contributed by atoms with Crippen LogP contribution in [0.4, 0.5) is 0 Å². The van der Waals surface area contributed by atoms with Gasteiger partial charge in [-0.15, -0.1) is 0 Å². The number of nitrogens with zero attached hydrogens (tertiary/aromatic N) is 2. The highest BCUT2D eigenvalue weighted by atomic mass is 16.3. The van der Waals surface area contributed by atoms with Gasteiger partial charge in [0.2, 0.25) is 0 Å². The van der Waals surface area contributed by atoms with Crippen molar-refractivity contribution in [3.63, 3.8) is 0 Å². The minimum absolute atomic E-state index is 0.0914. The van der Waals surface area contributed by atoms with Crippen molar-refractivity contribution in [1.29, 1.82) is 0 Å². The lowest BCUT2D eigenvalue weighted by Crippen LogP contribution is -2.32. The summed E-state index contributed by atoms with van der Waals surface area (Å²) in [6, 6.07) is 7.38. The van der Waals surface area contributed by atoms with Gasteiger partial charge in [-0.2, -0.15) is 0 Å². The molecule has 2 atom stereocenters. The quantitative estimate of drug-likeness (QED) is 0.899. The molecule has 2 unspecified atom stereocenters. The van der Waals surface area contributed by atoms with E-state index in [4.69, 9.17) is 0 Å². The van der Waals surface area contributed by atoms with E-state index < -0.39 is 0 Å². The van der Waals surface area contributed by atoms with Gasteiger partial charge in [-0.1, -0.05) is 6.42 Å². The number of carbonyl (C=O) groups is 1. The van der Waals surface area contributed by atoms with Crippen LogP contribution in [0.3, 0.4) is 0 Å². The second-order valence-electron chi connectivity index (χ2n) is 5.49. The Labute approximate surface area is 123 Å². The molecule has 0 saturated heterocycles. The van der Waals surface area contributed by atoms with Crippen LogP contribution in [0.15, 0.2) is 43.0 Å². The molecule has 1 aromatic carbocycles. The number of benzene rings is 1. The molecule has 1 aliphatic carbocycles. The van der Waals surface area contributed by atoms with Crippen molar-refractivity contribution in [2.24, 2.45) is 5.92 Å². The molecule has 0 radical (unpaired) electrons. The van der Waals surface area contributed by atoms with Crippen LogP contribution in [-0.2, 0) is 0 Å². The summed E-state index contributed by atoms with van der Waals surface area (Å²) in [5, 5.41) is 12.7. The van der Waals surface area contributed by atoms with Gasteiger partial charge in [-0.05, 0) is 37.1 Å². The summed E-state index contributed by atoms with van der Waals surface area (Å²) in [6.45, 7) is 0.545. The van der Waals surface area contributed by atoms with E-state index in [1.54, 1.807) is 24.7 Å². The summed E-state index contributed by atoms with van der Waals surface area (Å²) in [6.07, 6.45) is 7.90. The Morgan fingerprint density at radius 2 is 2.14 bits per heavy atom. The van der Waals surface area contributed by atoms with Gasteiger partial charge in [0.25, 0.3) is 5.91 Å². The topological polar surface area (TPSA) is 67.2 Å². The average molecular weight is 285 g/mol. The van der Waals surface area contributed by atoms with Gasteiger partial charge >= 0.3 is 0 Å². The molecule has 0 spiro atoms. The number of amides is 1. The average Bonchev–Trinajstić information content (AvgIpc) is 3.17. The third-order valence-corrected chi connectivity index (χ3v) is 4.08. The summed E-state index contributed by atoms with van der Waals surface area (Å²) in [7, 11) is 0. The smallest absolute Gasteiger partial charge is 0.251 e. The number of imidazole rings is 1. The van der Waals surface area contributed by atoms with Crippen LogP contribution in [0.1, 0.15) is 29.6 Å². The van der Waals surface area contributed by atoms with Gasteiger partial charge in [-0.3, -0.25) is 4.79 Å². The molecule has 1 fully saturated rings. The monoisotopic (exact) mass is 285 g/mol. The van der Waals surface area contributed by atoms with Crippen LogP contribution in [0.25, 0.3) is 5.69 Å². The van der Waals surface area contributed by atoms with E-state index in [2.05, 4.69) is 10.3 Å². The first-order chi connectivity index (χ1) is 10.2. The zero-order valence-corrected chi connectivity index (χ0v) is 11.8. The second-order valence-corrected chi connectivity index (χ2v) is 5.49. The lowest BCUT2D eigenvalue weighted by Gasteiger charge is -2.15. The minimum Gasteiger partial charge on any atom is -0.393 e. The Morgan fingerprint density at radius 1 is 1.33 bits per heavy atom. The van der Waals surface area contributed by atoms with E-state index in [9.17, 15) is 9.90 Å². The molecule has 21 heavy (non-hydrogen) atoms. The molecule has 1 aliphatic rings. The Hall–Kier alpha value is -2.14. The number of aliphatic hydroxyl groups excluding tert-OH is 1. The Balaban J connectivity index is 1.60. The molecule has 1 saturated carbocycles. The predicted octanol–water partition coefficient (Wildman–Crippen LogP) is 1.76. The number of aromatic nitrogens is 2.